The van der Waals surface area contributed by atoms with Gasteiger partial charge in [0.05, 0.1) is 27.4 Å². The monoisotopic (exact) mass is 447 g/mol. The van der Waals surface area contributed by atoms with E-state index >= 15 is 0 Å². The number of nitrogens with zero attached hydrogens (tertiary/aromatic N) is 1. The summed E-state index contributed by atoms with van der Waals surface area (Å²) in [5, 5.41) is 0. The number of likely N-dealkylation sites (tertiary alicyclic amines) is 1. The molecule has 3 rings (SSSR count). The minimum Gasteiger partial charge on any atom is -0.497 e. The van der Waals surface area contributed by atoms with Crippen molar-refractivity contribution in [1.82, 2.24) is 4.90 Å². The standard InChI is InChI=1S/C22H26BrNO4/c1-26-17-11-15(12-18(14-17)27-2)6-9-22(25)24-10-4-5-20(24)19-13-16(23)7-8-21(19)28-3/h7-8,11-14,20H,4-6,9-10H2,1-3H3. The topological polar surface area (TPSA) is 48.0 Å². The molecular weight excluding hydrogens is 422 g/mol. The van der Waals surface area contributed by atoms with Crippen LogP contribution in [0.3, 0.4) is 0 Å². The van der Waals surface area contributed by atoms with Crippen molar-refractivity contribution in [1.29, 1.82) is 0 Å². The molecule has 0 N–H and O–H groups in total. The molecule has 1 unspecified atom stereocenters. The zero-order valence-corrected chi connectivity index (χ0v) is 18.1. The van der Waals surface area contributed by atoms with Crippen LogP contribution in [0.5, 0.6) is 17.2 Å². The highest BCUT2D eigenvalue weighted by atomic mass is 79.9. The molecule has 1 atom stereocenters. The second-order valence-electron chi connectivity index (χ2n) is 6.85. The summed E-state index contributed by atoms with van der Waals surface area (Å²) in [6, 6.07) is 11.8. The Labute approximate surface area is 174 Å². The van der Waals surface area contributed by atoms with Crippen molar-refractivity contribution < 1.29 is 19.0 Å². The van der Waals surface area contributed by atoms with Crippen LogP contribution in [0.4, 0.5) is 0 Å². The Bertz CT molecular complexity index is 817. The lowest BCUT2D eigenvalue weighted by molar-refractivity contribution is -0.132. The summed E-state index contributed by atoms with van der Waals surface area (Å²) in [4.78, 5) is 15.0. The first-order valence-corrected chi connectivity index (χ1v) is 10.2. The minimum atomic E-state index is 0.0554. The van der Waals surface area contributed by atoms with Crippen LogP contribution < -0.4 is 14.2 Å². The van der Waals surface area contributed by atoms with E-state index in [1.807, 2.05) is 35.2 Å². The van der Waals surface area contributed by atoms with Crippen molar-refractivity contribution in [2.45, 2.75) is 31.7 Å². The number of halogens is 1. The van der Waals surface area contributed by atoms with E-state index in [1.54, 1.807) is 21.3 Å². The SMILES string of the molecule is COc1cc(CCC(=O)N2CCCC2c2cc(Br)ccc2OC)cc(OC)c1. The number of methoxy groups -OCH3 is 3. The van der Waals surface area contributed by atoms with Gasteiger partial charge in [0.15, 0.2) is 0 Å². The molecule has 0 aromatic heterocycles. The average molecular weight is 448 g/mol. The lowest BCUT2D eigenvalue weighted by Crippen LogP contribution is -2.31. The Morgan fingerprint density at radius 1 is 1.07 bits per heavy atom. The van der Waals surface area contributed by atoms with E-state index < -0.39 is 0 Å². The summed E-state index contributed by atoms with van der Waals surface area (Å²) in [7, 11) is 4.93. The number of ether oxygens (including phenoxy) is 3. The van der Waals surface area contributed by atoms with E-state index in [4.69, 9.17) is 14.2 Å². The lowest BCUT2D eigenvalue weighted by atomic mass is 10.0. The number of hydrogen-bond acceptors (Lipinski definition) is 4. The van der Waals surface area contributed by atoms with E-state index in [0.29, 0.717) is 12.8 Å². The molecule has 0 radical (unpaired) electrons. The van der Waals surface area contributed by atoms with Crippen LogP contribution in [0.15, 0.2) is 40.9 Å². The first kappa shape index (κ1) is 20.5. The minimum absolute atomic E-state index is 0.0554. The Morgan fingerprint density at radius 2 is 1.79 bits per heavy atom. The van der Waals surface area contributed by atoms with E-state index in [-0.39, 0.29) is 11.9 Å². The van der Waals surface area contributed by atoms with Crippen molar-refractivity contribution in [2.75, 3.05) is 27.9 Å². The molecule has 1 aliphatic rings. The fourth-order valence-corrected chi connectivity index (χ4v) is 4.14. The zero-order chi connectivity index (χ0) is 20.1. The van der Waals surface area contributed by atoms with Gasteiger partial charge in [0.2, 0.25) is 5.91 Å². The van der Waals surface area contributed by atoms with Crippen LogP contribution in [-0.2, 0) is 11.2 Å². The highest BCUT2D eigenvalue weighted by Gasteiger charge is 2.31. The number of carbonyl (C=O) groups is 1. The summed E-state index contributed by atoms with van der Waals surface area (Å²) >= 11 is 3.54. The molecule has 0 saturated carbocycles. The predicted octanol–water partition coefficient (Wildman–Crippen LogP) is 4.77. The second-order valence-corrected chi connectivity index (χ2v) is 7.77. The van der Waals surface area contributed by atoms with Crippen LogP contribution >= 0.6 is 15.9 Å². The van der Waals surface area contributed by atoms with Crippen molar-refractivity contribution in [3.8, 4) is 17.2 Å². The van der Waals surface area contributed by atoms with Gasteiger partial charge in [-0.15, -0.1) is 0 Å². The fraction of sp³-hybridized carbons (Fsp3) is 0.409. The molecule has 1 saturated heterocycles. The molecule has 6 heteroatoms. The highest BCUT2D eigenvalue weighted by molar-refractivity contribution is 9.10. The molecule has 0 spiro atoms. The van der Waals surface area contributed by atoms with Crippen LogP contribution in [0.2, 0.25) is 0 Å². The highest BCUT2D eigenvalue weighted by Crippen LogP contribution is 2.38. The molecule has 5 nitrogen and oxygen atoms in total. The number of aryl methyl sites for hydroxylation is 1. The van der Waals surface area contributed by atoms with Gasteiger partial charge in [-0.25, -0.2) is 0 Å². The summed E-state index contributed by atoms with van der Waals surface area (Å²) in [6.07, 6.45) is 3.04. The van der Waals surface area contributed by atoms with Crippen LogP contribution in [0.1, 0.15) is 36.4 Å². The number of hydrogen-bond donors (Lipinski definition) is 0. The van der Waals surface area contributed by atoms with E-state index in [2.05, 4.69) is 22.0 Å². The number of rotatable bonds is 7. The molecule has 0 aliphatic carbocycles. The van der Waals surface area contributed by atoms with Crippen LogP contribution in [0.25, 0.3) is 0 Å². The van der Waals surface area contributed by atoms with Crippen molar-refractivity contribution in [2.24, 2.45) is 0 Å². The summed E-state index contributed by atoms with van der Waals surface area (Å²) in [5.41, 5.74) is 2.09. The van der Waals surface area contributed by atoms with Crippen LogP contribution in [0, 0.1) is 0 Å². The molecule has 1 aliphatic heterocycles. The van der Waals surface area contributed by atoms with Gasteiger partial charge in [-0.1, -0.05) is 15.9 Å². The Kier molecular flexibility index (Phi) is 6.83. The van der Waals surface area contributed by atoms with Gasteiger partial charge in [-0.3, -0.25) is 4.79 Å². The smallest absolute Gasteiger partial charge is 0.223 e. The molecule has 1 heterocycles. The normalized spacial score (nSPS) is 16.1. The average Bonchev–Trinajstić information content (AvgIpc) is 3.21. The van der Waals surface area contributed by atoms with Crippen LogP contribution in [-0.4, -0.2) is 38.7 Å². The van der Waals surface area contributed by atoms with Gasteiger partial charge < -0.3 is 19.1 Å². The summed E-state index contributed by atoms with van der Waals surface area (Å²) in [6.45, 7) is 0.778. The van der Waals surface area contributed by atoms with Crippen molar-refractivity contribution >= 4 is 21.8 Å². The molecule has 2 aromatic carbocycles. The molecule has 1 amide bonds. The van der Waals surface area contributed by atoms with Crippen molar-refractivity contribution in [3.63, 3.8) is 0 Å². The molecule has 28 heavy (non-hydrogen) atoms. The molecule has 2 aromatic rings. The Hall–Kier alpha value is -2.21. The van der Waals surface area contributed by atoms with Gasteiger partial charge in [0.25, 0.3) is 0 Å². The van der Waals surface area contributed by atoms with E-state index in [9.17, 15) is 4.79 Å². The Morgan fingerprint density at radius 3 is 2.43 bits per heavy atom. The van der Waals surface area contributed by atoms with E-state index in [0.717, 1.165) is 52.2 Å². The van der Waals surface area contributed by atoms with E-state index in [1.165, 1.54) is 0 Å². The largest absolute Gasteiger partial charge is 0.497 e. The summed E-state index contributed by atoms with van der Waals surface area (Å²) < 4.78 is 17.2. The lowest BCUT2D eigenvalue weighted by Gasteiger charge is -2.26. The molecule has 150 valence electrons. The number of benzene rings is 2. The Balaban J connectivity index is 1.73. The second kappa shape index (κ2) is 9.32. The number of amides is 1. The van der Waals surface area contributed by atoms with Gasteiger partial charge >= 0.3 is 0 Å². The summed E-state index contributed by atoms with van der Waals surface area (Å²) in [5.74, 6) is 2.45. The maximum Gasteiger partial charge on any atom is 0.223 e. The predicted molar refractivity (Wildman–Crippen MR) is 112 cm³/mol. The number of carbonyl (C=O) groups excluding carboxylic acids is 1. The molecule has 0 bridgehead atoms. The zero-order valence-electron chi connectivity index (χ0n) is 16.5. The van der Waals surface area contributed by atoms with Gasteiger partial charge in [0.1, 0.15) is 17.2 Å². The third-order valence-corrected chi connectivity index (χ3v) is 5.66. The third kappa shape index (κ3) is 4.61. The third-order valence-electron chi connectivity index (χ3n) is 5.16. The maximum absolute atomic E-state index is 13.0. The maximum atomic E-state index is 13.0. The van der Waals surface area contributed by atoms with Gasteiger partial charge in [-0.2, -0.15) is 0 Å². The van der Waals surface area contributed by atoms with Gasteiger partial charge in [0, 0.05) is 29.1 Å². The molecular formula is C22H26BrNO4. The quantitative estimate of drug-likeness (QED) is 0.612. The first-order valence-electron chi connectivity index (χ1n) is 9.40. The van der Waals surface area contributed by atoms with Gasteiger partial charge in [-0.05, 0) is 55.2 Å². The fourth-order valence-electron chi connectivity index (χ4n) is 3.76. The van der Waals surface area contributed by atoms with Crippen molar-refractivity contribution in [3.05, 3.63) is 52.0 Å². The molecule has 1 fully saturated rings. The first-order chi connectivity index (χ1) is 13.5.